The molecule has 0 aromatic heterocycles. The second kappa shape index (κ2) is 57.5. The molecule has 11 heteroatoms. The summed E-state index contributed by atoms with van der Waals surface area (Å²) in [4.78, 5) is 13.2. The summed E-state index contributed by atoms with van der Waals surface area (Å²) in [6, 6.07) is -1.16. The van der Waals surface area contributed by atoms with E-state index in [1.54, 1.807) is 0 Å². The zero-order valence-electron chi connectivity index (χ0n) is 52.1. The number of nitrogens with one attached hydrogen (secondary N) is 1. The van der Waals surface area contributed by atoms with Gasteiger partial charge in [-0.1, -0.05) is 348 Å². The van der Waals surface area contributed by atoms with Crippen molar-refractivity contribution in [3.8, 4) is 0 Å². The number of aliphatic hydroxyl groups excluding tert-OH is 7. The highest BCUT2D eigenvalue weighted by Gasteiger charge is 2.44. The van der Waals surface area contributed by atoms with Gasteiger partial charge < -0.3 is 50.5 Å². The molecule has 8 N–H and O–H groups in total. The van der Waals surface area contributed by atoms with Gasteiger partial charge in [0.1, 0.15) is 36.6 Å². The molecule has 0 bridgehead atoms. The van der Waals surface area contributed by atoms with Gasteiger partial charge in [0, 0.05) is 0 Å². The molecular weight excluding hydrogens is 991 g/mol. The fourth-order valence-corrected chi connectivity index (χ4v) is 11.8. The van der Waals surface area contributed by atoms with Gasteiger partial charge >= 0.3 is 0 Å². The van der Waals surface area contributed by atoms with Gasteiger partial charge in [-0.25, -0.2) is 0 Å². The zero-order chi connectivity index (χ0) is 57.5. The summed E-state index contributed by atoms with van der Waals surface area (Å²) in [5.41, 5.74) is 0. The minimum atomic E-state index is -1.66. The Kier molecular flexibility index (Phi) is 55.4. The van der Waals surface area contributed by atoms with Crippen LogP contribution in [0, 0.1) is 0 Å². The van der Waals surface area contributed by atoms with E-state index in [9.17, 15) is 40.5 Å². The van der Waals surface area contributed by atoms with Crippen LogP contribution in [0.25, 0.3) is 0 Å². The van der Waals surface area contributed by atoms with Crippen LogP contribution >= 0.6 is 0 Å². The number of carbonyl (C=O) groups is 1. The molecule has 1 heterocycles. The monoisotopic (exact) mass is 1130 g/mol. The largest absolute Gasteiger partial charge is 0.394 e. The van der Waals surface area contributed by atoms with Crippen LogP contribution in [-0.4, -0.2) is 110 Å². The van der Waals surface area contributed by atoms with Crippen molar-refractivity contribution in [2.24, 2.45) is 0 Å². The molecule has 0 aromatic rings. The van der Waals surface area contributed by atoms with Gasteiger partial charge in [0.25, 0.3) is 0 Å². The molecule has 1 amide bonds. The van der Waals surface area contributed by atoms with E-state index in [-0.39, 0.29) is 6.42 Å². The van der Waals surface area contributed by atoms with E-state index in [2.05, 4.69) is 19.2 Å². The van der Waals surface area contributed by atoms with Crippen molar-refractivity contribution in [2.45, 2.75) is 416 Å². The van der Waals surface area contributed by atoms with Crippen molar-refractivity contribution < 1.29 is 50.0 Å². The smallest absolute Gasteiger partial charge is 0.249 e. The predicted octanol–water partition coefficient (Wildman–Crippen LogP) is 16.5. The molecule has 0 aromatic carbocycles. The van der Waals surface area contributed by atoms with Gasteiger partial charge in [0.2, 0.25) is 5.91 Å². The topological polar surface area (TPSA) is 189 Å². The molecule has 1 rings (SSSR count). The Balaban J connectivity index is 2.19. The Bertz CT molecular complexity index is 1250. The van der Waals surface area contributed by atoms with E-state index < -0.39 is 74.2 Å². The Morgan fingerprint density at radius 3 is 0.937 bits per heavy atom. The maximum absolute atomic E-state index is 13.2. The molecule has 0 spiro atoms. The van der Waals surface area contributed by atoms with Crippen LogP contribution in [0.4, 0.5) is 0 Å². The summed E-state index contributed by atoms with van der Waals surface area (Å²) in [6.45, 7) is 3.53. The van der Waals surface area contributed by atoms with Crippen molar-refractivity contribution in [3.63, 3.8) is 0 Å². The Hall–Kier alpha value is -0.890. The predicted molar refractivity (Wildman–Crippen MR) is 330 cm³/mol. The lowest BCUT2D eigenvalue weighted by Gasteiger charge is -2.40. The van der Waals surface area contributed by atoms with E-state index in [0.717, 1.165) is 38.5 Å². The Morgan fingerprint density at radius 2 is 0.658 bits per heavy atom. The first-order valence-corrected chi connectivity index (χ1v) is 34.9. The SMILES string of the molecule is CCCCCCCCCCCCCCCCCCCCCCCCCCCCCCC(O)C(O)C(COC1OC(CO)C(O)C(O)C1O)NC(=O)C(O)CCCCCCCCCCCCCCCCCCCCCCCCCC. The van der Waals surface area contributed by atoms with E-state index in [0.29, 0.717) is 19.3 Å². The first-order valence-electron chi connectivity index (χ1n) is 34.9. The van der Waals surface area contributed by atoms with Gasteiger partial charge in [0.05, 0.1) is 25.4 Å². The average molecular weight is 1130 g/mol. The quantitative estimate of drug-likeness (QED) is 0.0272. The lowest BCUT2D eigenvalue weighted by molar-refractivity contribution is -0.303. The van der Waals surface area contributed by atoms with Crippen molar-refractivity contribution >= 4 is 5.91 Å². The summed E-state index contributed by atoms with van der Waals surface area (Å²) < 4.78 is 11.2. The normalized spacial score (nSPS) is 19.2. The van der Waals surface area contributed by atoms with Crippen molar-refractivity contribution in [3.05, 3.63) is 0 Å². The maximum atomic E-state index is 13.2. The minimum Gasteiger partial charge on any atom is -0.394 e. The van der Waals surface area contributed by atoms with Crippen LogP contribution in [0.15, 0.2) is 0 Å². The van der Waals surface area contributed by atoms with Crippen molar-refractivity contribution in [1.82, 2.24) is 5.32 Å². The third-order valence-electron chi connectivity index (χ3n) is 17.4. The molecule has 472 valence electrons. The molecule has 1 aliphatic heterocycles. The number of carbonyl (C=O) groups excluding carboxylic acids is 1. The number of aliphatic hydroxyl groups is 7. The van der Waals surface area contributed by atoms with Crippen LogP contribution in [0.2, 0.25) is 0 Å². The number of hydrogen-bond acceptors (Lipinski definition) is 10. The number of amides is 1. The summed E-state index contributed by atoms with van der Waals surface area (Å²) >= 11 is 0. The van der Waals surface area contributed by atoms with Gasteiger partial charge in [-0.2, -0.15) is 0 Å². The molecule has 1 fully saturated rings. The molecule has 1 saturated heterocycles. The molecule has 9 unspecified atom stereocenters. The van der Waals surface area contributed by atoms with E-state index >= 15 is 0 Å². The lowest BCUT2D eigenvalue weighted by Crippen LogP contribution is -2.60. The highest BCUT2D eigenvalue weighted by molar-refractivity contribution is 5.80. The standard InChI is InChI=1S/C68H135NO10/c1-3-5-7-9-11-13-15-17-19-21-23-25-27-29-30-31-32-34-35-37-39-41-43-45-47-49-51-53-55-60(71)63(73)59(58-78-68-66(76)65(75)64(74)62(57-70)79-68)69-67(77)61(72)56-54-52-50-48-46-44-42-40-38-36-33-28-26-24-22-20-18-16-14-12-10-8-6-4-2/h59-66,68,70-76H,3-58H2,1-2H3,(H,69,77). The van der Waals surface area contributed by atoms with Crippen molar-refractivity contribution in [2.75, 3.05) is 13.2 Å². The average Bonchev–Trinajstić information content (AvgIpc) is 3.46. The summed E-state index contributed by atoms with van der Waals surface area (Å²) in [6.07, 6.45) is 57.5. The third-order valence-corrected chi connectivity index (χ3v) is 17.4. The Morgan fingerprint density at radius 1 is 0.392 bits per heavy atom. The fourth-order valence-electron chi connectivity index (χ4n) is 11.8. The first-order chi connectivity index (χ1) is 38.7. The lowest BCUT2D eigenvalue weighted by atomic mass is 9.98. The second-order valence-corrected chi connectivity index (χ2v) is 25.0. The minimum absolute atomic E-state index is 0.268. The molecule has 79 heavy (non-hydrogen) atoms. The molecule has 0 aliphatic carbocycles. The van der Waals surface area contributed by atoms with Gasteiger partial charge in [0.15, 0.2) is 6.29 Å². The summed E-state index contributed by atoms with van der Waals surface area (Å²) in [5, 5.41) is 76.5. The summed E-state index contributed by atoms with van der Waals surface area (Å²) in [5.74, 6) is -0.687. The van der Waals surface area contributed by atoms with E-state index in [1.807, 2.05) is 0 Å². The van der Waals surface area contributed by atoms with E-state index in [1.165, 1.54) is 283 Å². The molecule has 9 atom stereocenters. The first kappa shape index (κ1) is 76.1. The molecule has 0 saturated carbocycles. The molecule has 1 aliphatic rings. The van der Waals surface area contributed by atoms with Crippen LogP contribution in [-0.2, 0) is 14.3 Å². The van der Waals surface area contributed by atoms with E-state index in [4.69, 9.17) is 9.47 Å². The highest BCUT2D eigenvalue weighted by atomic mass is 16.7. The van der Waals surface area contributed by atoms with Gasteiger partial charge in [-0.05, 0) is 12.8 Å². The molecule has 0 radical (unpaired) electrons. The van der Waals surface area contributed by atoms with Gasteiger partial charge in [-0.3, -0.25) is 4.79 Å². The van der Waals surface area contributed by atoms with Crippen molar-refractivity contribution in [1.29, 1.82) is 0 Å². The van der Waals surface area contributed by atoms with Gasteiger partial charge in [-0.15, -0.1) is 0 Å². The number of ether oxygens (including phenoxy) is 2. The molecule has 11 nitrogen and oxygen atoms in total. The second-order valence-electron chi connectivity index (χ2n) is 25.0. The third kappa shape index (κ3) is 45.2. The highest BCUT2D eigenvalue weighted by Crippen LogP contribution is 2.24. The Labute approximate surface area is 488 Å². The number of unbranched alkanes of at least 4 members (excludes halogenated alkanes) is 50. The van der Waals surface area contributed by atoms with Crippen LogP contribution < -0.4 is 5.32 Å². The van der Waals surface area contributed by atoms with Crippen LogP contribution in [0.3, 0.4) is 0 Å². The van der Waals surface area contributed by atoms with Crippen LogP contribution in [0.1, 0.15) is 361 Å². The zero-order valence-corrected chi connectivity index (χ0v) is 52.1. The number of rotatable bonds is 62. The van der Waals surface area contributed by atoms with Crippen LogP contribution in [0.5, 0.6) is 0 Å². The number of hydrogen-bond donors (Lipinski definition) is 8. The summed E-state index contributed by atoms with van der Waals surface area (Å²) in [7, 11) is 0. The maximum Gasteiger partial charge on any atom is 0.249 e. The fraction of sp³-hybridized carbons (Fsp3) is 0.985. The molecular formula is C68H135NO10.